The van der Waals surface area contributed by atoms with Gasteiger partial charge in [0, 0.05) is 6.54 Å². The quantitative estimate of drug-likeness (QED) is 0.312. The molecule has 4 rings (SSSR count). The highest BCUT2D eigenvalue weighted by Crippen LogP contribution is 2.39. The van der Waals surface area contributed by atoms with Crippen molar-refractivity contribution in [2.45, 2.75) is 44.9 Å². The SMILES string of the molecule is Cc1cccc(C)c1CNc1ncnc2c1ncn2[C@@H]1O[C@H](COP(=O)(O)O)[C@@H](O)[C@H]1O. The van der Waals surface area contributed by atoms with Crippen LogP contribution in [-0.2, 0) is 20.4 Å². The molecule has 1 aliphatic heterocycles. The average Bonchev–Trinajstić information content (AvgIpc) is 3.27. The predicted octanol–water partition coefficient (Wildman–Crippen LogP) is 0.784. The van der Waals surface area contributed by atoms with Crippen LogP contribution in [-0.4, -0.2) is 64.4 Å². The molecule has 1 fully saturated rings. The molecule has 0 saturated carbocycles. The molecule has 1 aliphatic rings. The maximum absolute atomic E-state index is 10.9. The highest BCUT2D eigenvalue weighted by Gasteiger charge is 2.45. The molecular formula is C19H24N5O7P. The number of phosphoric acid groups is 1. The van der Waals surface area contributed by atoms with Gasteiger partial charge in [-0.05, 0) is 30.5 Å². The average molecular weight is 465 g/mol. The lowest BCUT2D eigenvalue weighted by molar-refractivity contribution is -0.0504. The van der Waals surface area contributed by atoms with Crippen LogP contribution in [0.5, 0.6) is 0 Å². The molecule has 0 bridgehead atoms. The van der Waals surface area contributed by atoms with E-state index in [0.29, 0.717) is 23.5 Å². The Hall–Kier alpha value is -2.44. The lowest BCUT2D eigenvalue weighted by Gasteiger charge is -2.16. The third kappa shape index (κ3) is 4.52. The van der Waals surface area contributed by atoms with Crippen molar-refractivity contribution in [1.82, 2.24) is 19.5 Å². The molecule has 12 nitrogen and oxygen atoms in total. The highest BCUT2D eigenvalue weighted by molar-refractivity contribution is 7.46. The summed E-state index contributed by atoms with van der Waals surface area (Å²) in [5, 5.41) is 23.9. The summed E-state index contributed by atoms with van der Waals surface area (Å²) in [6.07, 6.45) is -2.30. The van der Waals surface area contributed by atoms with Crippen molar-refractivity contribution in [2.75, 3.05) is 11.9 Å². The van der Waals surface area contributed by atoms with Crippen LogP contribution in [0.3, 0.4) is 0 Å². The minimum atomic E-state index is -4.75. The van der Waals surface area contributed by atoms with Gasteiger partial charge >= 0.3 is 7.82 Å². The molecule has 1 saturated heterocycles. The van der Waals surface area contributed by atoms with Gasteiger partial charge < -0.3 is 30.1 Å². The van der Waals surface area contributed by atoms with Crippen LogP contribution in [0, 0.1) is 13.8 Å². The number of nitrogens with one attached hydrogen (secondary N) is 1. The normalized spacial score (nSPS) is 23.7. The topological polar surface area (TPSA) is 172 Å². The van der Waals surface area contributed by atoms with Crippen LogP contribution in [0.25, 0.3) is 11.2 Å². The van der Waals surface area contributed by atoms with E-state index in [9.17, 15) is 14.8 Å². The van der Waals surface area contributed by atoms with Gasteiger partial charge in [0.05, 0.1) is 12.9 Å². The van der Waals surface area contributed by atoms with E-state index in [1.54, 1.807) is 0 Å². The number of fused-ring (bicyclic) bond motifs is 1. The third-order valence-electron chi connectivity index (χ3n) is 5.45. The van der Waals surface area contributed by atoms with Crippen LogP contribution in [0.1, 0.15) is 22.9 Å². The van der Waals surface area contributed by atoms with Crippen LogP contribution in [0.4, 0.5) is 5.82 Å². The fraction of sp³-hybridized carbons (Fsp3) is 0.421. The maximum Gasteiger partial charge on any atom is 0.469 e. The summed E-state index contributed by atoms with van der Waals surface area (Å²) < 4.78 is 22.4. The molecule has 0 aliphatic carbocycles. The minimum absolute atomic E-state index is 0.358. The van der Waals surface area contributed by atoms with Gasteiger partial charge in [0.15, 0.2) is 23.2 Å². The molecule has 3 heterocycles. The number of aliphatic hydroxyl groups excluding tert-OH is 2. The molecule has 1 aromatic carbocycles. The van der Waals surface area contributed by atoms with E-state index in [4.69, 9.17) is 14.5 Å². The molecule has 0 radical (unpaired) electrons. The number of hydrogen-bond acceptors (Lipinski definition) is 9. The second-order valence-electron chi connectivity index (χ2n) is 7.60. The molecule has 0 unspecified atom stereocenters. The molecule has 0 spiro atoms. The van der Waals surface area contributed by atoms with Gasteiger partial charge in [-0.3, -0.25) is 9.09 Å². The molecule has 4 atom stereocenters. The Morgan fingerprint density at radius 2 is 1.88 bits per heavy atom. The van der Waals surface area contributed by atoms with Gasteiger partial charge in [-0.15, -0.1) is 0 Å². The number of anilines is 1. The van der Waals surface area contributed by atoms with Crippen molar-refractivity contribution < 1.29 is 33.8 Å². The number of benzene rings is 1. The van der Waals surface area contributed by atoms with Crippen molar-refractivity contribution in [2.24, 2.45) is 0 Å². The smallest absolute Gasteiger partial charge is 0.387 e. The molecule has 172 valence electrons. The first-order valence-electron chi connectivity index (χ1n) is 9.84. The Balaban J connectivity index is 1.56. The van der Waals surface area contributed by atoms with Gasteiger partial charge in [0.1, 0.15) is 24.6 Å². The van der Waals surface area contributed by atoms with Gasteiger partial charge in [-0.25, -0.2) is 19.5 Å². The van der Waals surface area contributed by atoms with Gasteiger partial charge in [0.25, 0.3) is 0 Å². The lowest BCUT2D eigenvalue weighted by Crippen LogP contribution is -2.33. The number of nitrogens with zero attached hydrogens (tertiary/aromatic N) is 4. The Kier molecular flexibility index (Phi) is 6.28. The summed E-state index contributed by atoms with van der Waals surface area (Å²) in [5.41, 5.74) is 4.24. The lowest BCUT2D eigenvalue weighted by atomic mass is 10.0. The zero-order chi connectivity index (χ0) is 23.0. The van der Waals surface area contributed by atoms with Gasteiger partial charge in [-0.2, -0.15) is 0 Å². The zero-order valence-corrected chi connectivity index (χ0v) is 18.3. The molecule has 2 aromatic heterocycles. The first-order chi connectivity index (χ1) is 15.2. The van der Waals surface area contributed by atoms with E-state index in [0.717, 1.165) is 16.7 Å². The van der Waals surface area contributed by atoms with Crippen LogP contribution in [0.2, 0.25) is 0 Å². The second kappa shape index (κ2) is 8.83. The van der Waals surface area contributed by atoms with E-state index in [-0.39, 0.29) is 0 Å². The maximum atomic E-state index is 10.9. The first kappa shape index (κ1) is 22.7. The molecular weight excluding hydrogens is 441 g/mol. The van der Waals surface area contributed by atoms with E-state index in [1.807, 2.05) is 32.0 Å². The predicted molar refractivity (Wildman–Crippen MR) is 112 cm³/mol. The second-order valence-corrected chi connectivity index (χ2v) is 8.84. The number of phosphoric ester groups is 1. The van der Waals surface area contributed by atoms with E-state index in [1.165, 1.54) is 17.2 Å². The number of aliphatic hydroxyl groups is 2. The number of rotatable bonds is 7. The summed E-state index contributed by atoms with van der Waals surface area (Å²) in [4.78, 5) is 30.6. The molecule has 32 heavy (non-hydrogen) atoms. The third-order valence-corrected chi connectivity index (χ3v) is 5.94. The van der Waals surface area contributed by atoms with Gasteiger partial charge in [-0.1, -0.05) is 18.2 Å². The first-order valence-corrected chi connectivity index (χ1v) is 11.4. The Morgan fingerprint density at radius 1 is 1.16 bits per heavy atom. The number of aryl methyl sites for hydroxylation is 2. The Morgan fingerprint density at radius 3 is 2.56 bits per heavy atom. The van der Waals surface area contributed by atoms with Crippen LogP contribution < -0.4 is 5.32 Å². The van der Waals surface area contributed by atoms with Crippen molar-refractivity contribution in [3.63, 3.8) is 0 Å². The number of imidazole rings is 1. The largest absolute Gasteiger partial charge is 0.469 e. The van der Waals surface area contributed by atoms with Gasteiger partial charge in [0.2, 0.25) is 0 Å². The summed E-state index contributed by atoms with van der Waals surface area (Å²) in [6.45, 7) is 4.00. The molecule has 3 aromatic rings. The standard InChI is InChI=1S/C19H24N5O7P/c1-10-4-3-5-11(2)12(10)6-20-17-14-18(22-8-21-17)24(9-23-14)19-16(26)15(25)13(31-19)7-30-32(27,28)29/h3-5,8-9,13,15-16,19,25-26H,6-7H2,1-2H3,(H,20,21,22)(H2,27,28,29)/t13-,15-,16-,19-/m1/s1. The summed E-state index contributed by atoms with van der Waals surface area (Å²) in [5.74, 6) is 0.492. The van der Waals surface area contributed by atoms with Crippen molar-refractivity contribution in [3.8, 4) is 0 Å². The molecule has 13 heteroatoms. The highest BCUT2D eigenvalue weighted by atomic mass is 31.2. The monoisotopic (exact) mass is 465 g/mol. The molecule has 0 amide bonds. The van der Waals surface area contributed by atoms with Crippen LogP contribution >= 0.6 is 7.82 Å². The van der Waals surface area contributed by atoms with Crippen molar-refractivity contribution in [3.05, 3.63) is 47.5 Å². The number of aromatic nitrogens is 4. The summed E-state index contributed by atoms with van der Waals surface area (Å²) in [7, 11) is -4.75. The Bertz CT molecular complexity index is 1150. The zero-order valence-electron chi connectivity index (χ0n) is 17.4. The van der Waals surface area contributed by atoms with E-state index in [2.05, 4.69) is 24.8 Å². The fourth-order valence-corrected chi connectivity index (χ4v) is 4.08. The summed E-state index contributed by atoms with van der Waals surface area (Å²) in [6, 6.07) is 6.06. The molecule has 5 N–H and O–H groups in total. The number of hydrogen-bond donors (Lipinski definition) is 5. The van der Waals surface area contributed by atoms with Crippen LogP contribution in [0.15, 0.2) is 30.9 Å². The summed E-state index contributed by atoms with van der Waals surface area (Å²) >= 11 is 0. The van der Waals surface area contributed by atoms with Crippen molar-refractivity contribution in [1.29, 1.82) is 0 Å². The van der Waals surface area contributed by atoms with E-state index >= 15 is 0 Å². The van der Waals surface area contributed by atoms with Crippen molar-refractivity contribution >= 4 is 24.8 Å². The van der Waals surface area contributed by atoms with E-state index < -0.39 is 39.0 Å². The Labute approximate surface area is 183 Å². The number of ether oxygens (including phenoxy) is 1. The fourth-order valence-electron chi connectivity index (χ4n) is 3.73. The minimum Gasteiger partial charge on any atom is -0.387 e.